The lowest BCUT2D eigenvalue weighted by molar-refractivity contribution is 0.0315. The first kappa shape index (κ1) is 27.4. The van der Waals surface area contributed by atoms with E-state index in [-0.39, 0.29) is 23.7 Å². The van der Waals surface area contributed by atoms with Gasteiger partial charge < -0.3 is 20.1 Å². The van der Waals surface area contributed by atoms with Gasteiger partial charge in [-0.2, -0.15) is 0 Å². The number of pyridine rings is 1. The van der Waals surface area contributed by atoms with Gasteiger partial charge in [-0.1, -0.05) is 11.6 Å². The van der Waals surface area contributed by atoms with Gasteiger partial charge in [-0.05, 0) is 62.4 Å². The number of rotatable bonds is 10. The number of nitrogens with one attached hydrogen (secondary N) is 1. The Morgan fingerprint density at radius 2 is 1.86 bits per heavy atom. The van der Waals surface area contributed by atoms with Crippen LogP contribution in [0.4, 0.5) is 23.2 Å². The second kappa shape index (κ2) is 11.8. The molecule has 0 radical (unpaired) electrons. The van der Waals surface area contributed by atoms with E-state index in [0.29, 0.717) is 67.7 Å². The monoisotopic (exact) mass is 539 g/mol. The lowest BCUT2D eigenvalue weighted by atomic mass is 9.74. The summed E-state index contributed by atoms with van der Waals surface area (Å²) in [6.07, 6.45) is 2.21. The van der Waals surface area contributed by atoms with Crippen LogP contribution < -0.4 is 10.1 Å². The standard InChI is InChI=1S/C27H30ClF4N3O2/c1-37-18-2-3-24-19(14-18)25(20(28)15-34-24)21(29)4-5-27(16-36)6-9-35(10-7-27)11-8-33-17-12-22(30)26(32)23(31)13-17/h2-3,12-15,21,33,36H,4-11,16H2,1H3/t21-/m1/s1. The van der Waals surface area contributed by atoms with Crippen LogP contribution in [-0.4, -0.2) is 54.9 Å². The van der Waals surface area contributed by atoms with E-state index in [9.17, 15) is 18.3 Å². The molecule has 2 aromatic carbocycles. The van der Waals surface area contributed by atoms with Crippen LogP contribution in [0.1, 0.15) is 37.4 Å². The molecule has 37 heavy (non-hydrogen) atoms. The van der Waals surface area contributed by atoms with Gasteiger partial charge in [0.25, 0.3) is 0 Å². The van der Waals surface area contributed by atoms with Crippen LogP contribution >= 0.6 is 11.6 Å². The average Bonchev–Trinajstić information content (AvgIpc) is 2.90. The van der Waals surface area contributed by atoms with Gasteiger partial charge in [0.1, 0.15) is 11.9 Å². The van der Waals surface area contributed by atoms with Crippen molar-refractivity contribution >= 4 is 28.2 Å². The van der Waals surface area contributed by atoms with Crippen molar-refractivity contribution in [1.29, 1.82) is 0 Å². The van der Waals surface area contributed by atoms with Crippen LogP contribution in [0.3, 0.4) is 0 Å². The van der Waals surface area contributed by atoms with Gasteiger partial charge in [0, 0.05) is 54.7 Å². The van der Waals surface area contributed by atoms with Crippen LogP contribution in [0.5, 0.6) is 5.75 Å². The number of hydrogen-bond acceptors (Lipinski definition) is 5. The van der Waals surface area contributed by atoms with Gasteiger partial charge >= 0.3 is 0 Å². The lowest BCUT2D eigenvalue weighted by Gasteiger charge is -2.41. The molecule has 1 saturated heterocycles. The second-order valence-corrected chi connectivity index (χ2v) is 10.00. The average molecular weight is 540 g/mol. The molecule has 2 N–H and O–H groups in total. The van der Waals surface area contributed by atoms with E-state index in [1.165, 1.54) is 6.20 Å². The number of ether oxygens (including phenoxy) is 1. The van der Waals surface area contributed by atoms with Crippen LogP contribution in [0.15, 0.2) is 36.5 Å². The number of piperidine rings is 1. The van der Waals surface area contributed by atoms with Crippen LogP contribution in [-0.2, 0) is 0 Å². The predicted molar refractivity (Wildman–Crippen MR) is 136 cm³/mol. The Morgan fingerprint density at radius 1 is 1.16 bits per heavy atom. The molecule has 0 amide bonds. The molecule has 0 saturated carbocycles. The normalized spacial score (nSPS) is 16.6. The summed E-state index contributed by atoms with van der Waals surface area (Å²) in [7, 11) is 1.54. The second-order valence-electron chi connectivity index (χ2n) is 9.59. The molecule has 200 valence electrons. The summed E-state index contributed by atoms with van der Waals surface area (Å²) < 4.78 is 60.7. The number of halogens is 5. The van der Waals surface area contributed by atoms with E-state index in [0.717, 1.165) is 12.1 Å². The van der Waals surface area contributed by atoms with Crippen molar-refractivity contribution in [3.05, 3.63) is 64.6 Å². The van der Waals surface area contributed by atoms with Crippen molar-refractivity contribution in [2.24, 2.45) is 5.41 Å². The van der Waals surface area contributed by atoms with E-state index < -0.39 is 29.0 Å². The van der Waals surface area contributed by atoms with Gasteiger partial charge in [-0.3, -0.25) is 4.98 Å². The zero-order valence-corrected chi connectivity index (χ0v) is 21.3. The molecule has 5 nitrogen and oxygen atoms in total. The Kier molecular flexibility index (Phi) is 8.77. The van der Waals surface area contributed by atoms with E-state index in [2.05, 4.69) is 15.2 Å². The number of benzene rings is 2. The van der Waals surface area contributed by atoms with Gasteiger partial charge in [0.2, 0.25) is 0 Å². The van der Waals surface area contributed by atoms with E-state index in [1.807, 2.05) is 0 Å². The van der Waals surface area contributed by atoms with Gasteiger partial charge in [-0.25, -0.2) is 17.6 Å². The number of likely N-dealkylation sites (tertiary alicyclic amines) is 1. The van der Waals surface area contributed by atoms with Crippen molar-refractivity contribution in [3.63, 3.8) is 0 Å². The van der Waals surface area contributed by atoms with Gasteiger partial charge in [-0.15, -0.1) is 0 Å². The molecule has 2 heterocycles. The van der Waals surface area contributed by atoms with Crippen molar-refractivity contribution < 1.29 is 27.4 Å². The maximum absolute atomic E-state index is 15.6. The smallest absolute Gasteiger partial charge is 0.194 e. The fraction of sp³-hybridized carbons (Fsp3) is 0.444. The quantitative estimate of drug-likeness (QED) is 0.234. The van der Waals surface area contributed by atoms with Crippen LogP contribution in [0.2, 0.25) is 5.02 Å². The minimum absolute atomic E-state index is 0.0431. The third-order valence-electron chi connectivity index (χ3n) is 7.30. The Hall–Kier alpha value is -2.62. The molecule has 0 aliphatic carbocycles. The molecular formula is C27H30ClF4N3O2. The number of alkyl halides is 1. The Balaban J connectivity index is 1.32. The molecule has 0 spiro atoms. The number of hydrogen-bond donors (Lipinski definition) is 2. The summed E-state index contributed by atoms with van der Waals surface area (Å²) in [5.41, 5.74) is 0.792. The summed E-state index contributed by atoms with van der Waals surface area (Å²) >= 11 is 6.36. The Labute approximate surface area is 218 Å². The number of aromatic nitrogens is 1. The van der Waals surface area contributed by atoms with Gasteiger partial charge in [0.15, 0.2) is 17.5 Å². The zero-order chi connectivity index (χ0) is 26.6. The van der Waals surface area contributed by atoms with Crippen LogP contribution in [0.25, 0.3) is 10.9 Å². The highest BCUT2D eigenvalue weighted by molar-refractivity contribution is 6.32. The summed E-state index contributed by atoms with van der Waals surface area (Å²) in [5.74, 6) is -3.37. The van der Waals surface area contributed by atoms with E-state index in [4.69, 9.17) is 16.3 Å². The topological polar surface area (TPSA) is 57.6 Å². The first-order valence-corrected chi connectivity index (χ1v) is 12.6. The third-order valence-corrected chi connectivity index (χ3v) is 7.60. The Bertz CT molecular complexity index is 1210. The molecule has 10 heteroatoms. The first-order valence-electron chi connectivity index (χ1n) is 12.2. The molecule has 0 unspecified atom stereocenters. The highest BCUT2D eigenvalue weighted by Crippen LogP contribution is 2.41. The predicted octanol–water partition coefficient (Wildman–Crippen LogP) is 6.29. The third kappa shape index (κ3) is 6.27. The number of anilines is 1. The molecule has 1 aromatic heterocycles. The van der Waals surface area contributed by atoms with E-state index in [1.54, 1.807) is 25.3 Å². The molecular weight excluding hydrogens is 510 g/mol. The first-order chi connectivity index (χ1) is 17.7. The highest BCUT2D eigenvalue weighted by Gasteiger charge is 2.35. The molecule has 3 aromatic rings. The lowest BCUT2D eigenvalue weighted by Crippen LogP contribution is -2.43. The molecule has 4 rings (SSSR count). The molecule has 0 bridgehead atoms. The van der Waals surface area contributed by atoms with Crippen molar-refractivity contribution in [1.82, 2.24) is 9.88 Å². The molecule has 1 aliphatic rings. The Morgan fingerprint density at radius 3 is 2.51 bits per heavy atom. The van der Waals surface area contributed by atoms with Gasteiger partial charge in [0.05, 0.1) is 17.6 Å². The van der Waals surface area contributed by atoms with Crippen molar-refractivity contribution in [2.45, 2.75) is 31.9 Å². The fourth-order valence-corrected chi connectivity index (χ4v) is 5.21. The summed E-state index contributed by atoms with van der Waals surface area (Å²) in [4.78, 5) is 6.46. The van der Waals surface area contributed by atoms with Crippen molar-refractivity contribution in [3.8, 4) is 5.75 Å². The SMILES string of the molecule is COc1ccc2ncc(Cl)c([C@H](F)CCC3(CO)CCN(CCNc4cc(F)c(F)c(F)c4)CC3)c2c1. The number of methoxy groups -OCH3 is 1. The summed E-state index contributed by atoms with van der Waals surface area (Å²) in [5, 5.41) is 14.0. The zero-order valence-electron chi connectivity index (χ0n) is 20.5. The maximum atomic E-state index is 15.6. The molecule has 1 atom stereocenters. The molecule has 1 aliphatic heterocycles. The number of nitrogens with zero attached hydrogens (tertiary/aromatic N) is 2. The number of fused-ring (bicyclic) bond motifs is 1. The largest absolute Gasteiger partial charge is 0.497 e. The summed E-state index contributed by atoms with van der Waals surface area (Å²) in [6.45, 7) is 2.37. The molecule has 1 fully saturated rings. The fourth-order valence-electron chi connectivity index (χ4n) is 4.94. The van der Waals surface area contributed by atoms with E-state index >= 15 is 4.39 Å². The highest BCUT2D eigenvalue weighted by atomic mass is 35.5. The number of aliphatic hydroxyl groups excluding tert-OH is 1. The van der Waals surface area contributed by atoms with Crippen LogP contribution in [0, 0.1) is 22.9 Å². The van der Waals surface area contributed by atoms with Crippen molar-refractivity contribution in [2.75, 3.05) is 45.2 Å². The maximum Gasteiger partial charge on any atom is 0.194 e. The minimum atomic E-state index is -1.49. The minimum Gasteiger partial charge on any atom is -0.497 e. The summed E-state index contributed by atoms with van der Waals surface area (Å²) in [6, 6.07) is 7.11. The number of aliphatic hydroxyl groups is 1.